The quantitative estimate of drug-likeness (QED) is 0.287. The van der Waals surface area contributed by atoms with Gasteiger partial charge >= 0.3 is 0 Å². The number of nitrogens with one attached hydrogen (secondary N) is 3. The fourth-order valence-corrected chi connectivity index (χ4v) is 7.53. The predicted molar refractivity (Wildman–Crippen MR) is 213 cm³/mol. The lowest BCUT2D eigenvalue weighted by molar-refractivity contribution is -0.136. The third-order valence-electron chi connectivity index (χ3n) is 9.97. The molecule has 0 radical (unpaired) electrons. The number of anilines is 3. The van der Waals surface area contributed by atoms with Crippen LogP contribution in [0.4, 0.5) is 17.1 Å². The number of hydrogen-bond acceptors (Lipinski definition) is 12. The third kappa shape index (κ3) is 8.29. The molecule has 1 atom stereocenters. The van der Waals surface area contributed by atoms with Crippen molar-refractivity contribution in [3.8, 4) is 0 Å². The van der Waals surface area contributed by atoms with Crippen LogP contribution in [0.5, 0.6) is 0 Å². The number of piperazine rings is 1. The molecule has 0 aromatic heterocycles. The second-order valence-electron chi connectivity index (χ2n) is 13.8. The zero-order valence-electron chi connectivity index (χ0n) is 30.8. The highest BCUT2D eigenvalue weighted by Crippen LogP contribution is 2.30. The van der Waals surface area contributed by atoms with Crippen LogP contribution in [0.15, 0.2) is 99.8 Å². The SMILES string of the molecule is CC1=N\C(Nc2ccc(N3CCN(C(=O)CNc4ccc5c(c4)C(=O)N(C4CCC(=O)NC4=O)C5=O)CC3)cc2)=N/C/C(c2ccc(S(C)(=O)=O)cc2)=C/C=C\1. The summed E-state index contributed by atoms with van der Waals surface area (Å²) in [6.45, 7) is 4.51. The minimum Gasteiger partial charge on any atom is -0.376 e. The molecular weight excluding hydrogens is 737 g/mol. The summed E-state index contributed by atoms with van der Waals surface area (Å²) in [7, 11) is -3.30. The topological polar surface area (TPSA) is 190 Å². The minimum atomic E-state index is -3.30. The molecule has 1 unspecified atom stereocenters. The number of piperidine rings is 1. The van der Waals surface area contributed by atoms with Crippen LogP contribution in [0.25, 0.3) is 5.57 Å². The van der Waals surface area contributed by atoms with E-state index in [1.165, 1.54) is 18.4 Å². The second kappa shape index (κ2) is 15.7. The number of benzene rings is 3. The van der Waals surface area contributed by atoms with Crippen LogP contribution < -0.4 is 20.9 Å². The molecule has 4 aliphatic rings. The number of allylic oxidation sites excluding steroid dienone is 3. The molecule has 2 saturated heterocycles. The van der Waals surface area contributed by atoms with Crippen LogP contribution in [0.1, 0.15) is 46.0 Å². The van der Waals surface area contributed by atoms with Crippen molar-refractivity contribution in [1.82, 2.24) is 15.1 Å². The Labute approximate surface area is 323 Å². The number of hydrogen-bond donors (Lipinski definition) is 3. The van der Waals surface area contributed by atoms with Crippen molar-refractivity contribution in [1.29, 1.82) is 0 Å². The van der Waals surface area contributed by atoms with E-state index >= 15 is 0 Å². The van der Waals surface area contributed by atoms with Crippen LogP contribution in [0.2, 0.25) is 0 Å². The number of carbonyl (C=O) groups excluding carboxylic acids is 5. The van der Waals surface area contributed by atoms with Crippen molar-refractivity contribution >= 4 is 73.7 Å². The van der Waals surface area contributed by atoms with Gasteiger partial charge in [-0.15, -0.1) is 0 Å². The van der Waals surface area contributed by atoms with E-state index in [0.29, 0.717) is 44.4 Å². The van der Waals surface area contributed by atoms with Gasteiger partial charge in [0.1, 0.15) is 6.04 Å². The standard InChI is InChI=1S/C40H40N8O7S/c1-25-4-3-5-27(26-6-13-31(14-7-26)56(2,54)55)23-42-40(43-25)44-28-8-11-30(12-9-28)46-18-20-47(21-19-46)36(50)24-41-29-10-15-32-33(22-29)39(53)48(38(32)52)34-16-17-35(49)45-37(34)51/h3-15,22,34,41H,16-21,23-24H2,1-2H3,(H,42,44)(H,45,49,51)/b4-3-,27-5-,43-25+. The van der Waals surface area contributed by atoms with E-state index in [0.717, 1.165) is 33.1 Å². The molecule has 3 aromatic rings. The lowest BCUT2D eigenvalue weighted by Crippen LogP contribution is -2.54. The number of guanidine groups is 1. The summed E-state index contributed by atoms with van der Waals surface area (Å²) in [5.41, 5.74) is 5.15. The molecule has 15 nitrogen and oxygen atoms in total. The van der Waals surface area contributed by atoms with E-state index in [2.05, 4.69) is 25.8 Å². The van der Waals surface area contributed by atoms with Crippen LogP contribution in [0.3, 0.4) is 0 Å². The maximum absolute atomic E-state index is 13.2. The summed E-state index contributed by atoms with van der Waals surface area (Å²) in [5, 5.41) is 8.56. The zero-order chi connectivity index (χ0) is 39.6. The van der Waals surface area contributed by atoms with Gasteiger partial charge in [-0.05, 0) is 85.2 Å². The Bertz CT molecular complexity index is 2340. The first-order chi connectivity index (χ1) is 26.8. The lowest BCUT2D eigenvalue weighted by atomic mass is 10.0. The molecular formula is C40H40N8O7S. The Kier molecular flexibility index (Phi) is 10.6. The normalized spacial score (nSPS) is 22.3. The Morgan fingerprint density at radius 3 is 2.29 bits per heavy atom. The predicted octanol–water partition coefficient (Wildman–Crippen LogP) is 3.13. The molecule has 3 aromatic carbocycles. The van der Waals surface area contributed by atoms with Crippen molar-refractivity contribution in [2.45, 2.75) is 30.7 Å². The highest BCUT2D eigenvalue weighted by molar-refractivity contribution is 7.90. The average Bonchev–Trinajstić information content (AvgIpc) is 3.47. The summed E-state index contributed by atoms with van der Waals surface area (Å²) < 4.78 is 23.8. The monoisotopic (exact) mass is 776 g/mol. The minimum absolute atomic E-state index is 0.00741. The van der Waals surface area contributed by atoms with Crippen molar-refractivity contribution in [2.24, 2.45) is 9.98 Å². The van der Waals surface area contributed by atoms with E-state index in [1.54, 1.807) is 35.2 Å². The number of sulfone groups is 1. The largest absolute Gasteiger partial charge is 0.376 e. The van der Waals surface area contributed by atoms with Gasteiger partial charge in [0.15, 0.2) is 9.84 Å². The van der Waals surface area contributed by atoms with E-state index in [-0.39, 0.29) is 41.3 Å². The Hall–Kier alpha value is -6.42. The van der Waals surface area contributed by atoms with Gasteiger partial charge in [0.05, 0.1) is 29.1 Å². The van der Waals surface area contributed by atoms with Gasteiger partial charge in [-0.2, -0.15) is 0 Å². The molecule has 3 N–H and O–H groups in total. The highest BCUT2D eigenvalue weighted by Gasteiger charge is 2.44. The van der Waals surface area contributed by atoms with Gasteiger partial charge in [0.2, 0.25) is 23.7 Å². The number of fused-ring (bicyclic) bond motifs is 1. The average molecular weight is 777 g/mol. The van der Waals surface area contributed by atoms with Crippen LogP contribution in [0, 0.1) is 0 Å². The molecule has 0 spiro atoms. The number of amides is 5. The second-order valence-corrected chi connectivity index (χ2v) is 15.9. The van der Waals surface area contributed by atoms with Crippen LogP contribution in [-0.2, 0) is 24.2 Å². The van der Waals surface area contributed by atoms with Gasteiger partial charge in [-0.25, -0.2) is 18.4 Å². The third-order valence-corrected chi connectivity index (χ3v) is 11.1. The van der Waals surface area contributed by atoms with E-state index in [4.69, 9.17) is 4.99 Å². The van der Waals surface area contributed by atoms with Crippen molar-refractivity contribution < 1.29 is 32.4 Å². The number of nitrogens with zero attached hydrogens (tertiary/aromatic N) is 5. The summed E-state index contributed by atoms with van der Waals surface area (Å²) in [6, 6.07) is 18.3. The Morgan fingerprint density at radius 2 is 1.59 bits per heavy atom. The molecule has 0 aliphatic carbocycles. The van der Waals surface area contributed by atoms with Gasteiger partial charge in [0.25, 0.3) is 11.8 Å². The van der Waals surface area contributed by atoms with Crippen molar-refractivity contribution in [2.75, 3.05) is 61.1 Å². The molecule has 56 heavy (non-hydrogen) atoms. The maximum atomic E-state index is 13.2. The molecule has 4 aliphatic heterocycles. The van der Waals surface area contributed by atoms with Crippen LogP contribution >= 0.6 is 0 Å². The van der Waals surface area contributed by atoms with E-state index in [9.17, 15) is 32.4 Å². The first kappa shape index (κ1) is 37.9. The molecule has 288 valence electrons. The molecule has 4 heterocycles. The Morgan fingerprint density at radius 1 is 0.893 bits per heavy atom. The van der Waals surface area contributed by atoms with Crippen LogP contribution in [-0.4, -0.2) is 111 Å². The summed E-state index contributed by atoms with van der Waals surface area (Å²) >= 11 is 0. The zero-order valence-corrected chi connectivity index (χ0v) is 31.6. The van der Waals surface area contributed by atoms with Crippen molar-refractivity contribution in [3.63, 3.8) is 0 Å². The van der Waals surface area contributed by atoms with E-state index < -0.39 is 39.5 Å². The number of carbonyl (C=O) groups is 5. The number of rotatable bonds is 8. The Balaban J connectivity index is 0.909. The summed E-state index contributed by atoms with van der Waals surface area (Å²) in [4.78, 5) is 77.7. The van der Waals surface area contributed by atoms with Crippen molar-refractivity contribution in [3.05, 3.63) is 102 Å². The van der Waals surface area contributed by atoms with Gasteiger partial charge in [-0.3, -0.25) is 34.2 Å². The number of aliphatic imine (C=N–C) groups is 2. The molecule has 2 fully saturated rings. The molecule has 0 bridgehead atoms. The molecule has 7 rings (SSSR count). The molecule has 5 amide bonds. The molecule has 0 saturated carbocycles. The smallest absolute Gasteiger partial charge is 0.262 e. The highest BCUT2D eigenvalue weighted by atomic mass is 32.2. The fraction of sp³-hybridized carbons (Fsp3) is 0.275. The van der Waals surface area contributed by atoms with E-state index in [1.807, 2.05) is 49.4 Å². The first-order valence-electron chi connectivity index (χ1n) is 18.1. The number of imide groups is 2. The van der Waals surface area contributed by atoms with Gasteiger partial charge < -0.3 is 20.4 Å². The first-order valence-corrected chi connectivity index (χ1v) is 20.0. The summed E-state index contributed by atoms with van der Waals surface area (Å²) in [5.74, 6) is -1.97. The maximum Gasteiger partial charge on any atom is 0.262 e. The summed E-state index contributed by atoms with van der Waals surface area (Å²) in [6.07, 6.45) is 7.03. The lowest BCUT2D eigenvalue weighted by Gasteiger charge is -2.36. The fourth-order valence-electron chi connectivity index (χ4n) is 6.90. The van der Waals surface area contributed by atoms with Gasteiger partial charge in [-0.1, -0.05) is 24.3 Å². The van der Waals surface area contributed by atoms with Gasteiger partial charge in [0, 0.05) is 61.6 Å². The molecule has 16 heteroatoms.